The molecule has 108 valence electrons. The molecule has 4 aromatic rings. The van der Waals surface area contributed by atoms with Crippen molar-refractivity contribution in [2.45, 2.75) is 6.54 Å². The summed E-state index contributed by atoms with van der Waals surface area (Å²) >= 11 is 0. The minimum absolute atomic E-state index is 0.192. The lowest BCUT2D eigenvalue weighted by Crippen LogP contribution is -2.09. The van der Waals surface area contributed by atoms with Gasteiger partial charge in [-0.15, -0.1) is 5.10 Å². The first kappa shape index (κ1) is 12.6. The van der Waals surface area contributed by atoms with Gasteiger partial charge in [-0.25, -0.2) is 4.68 Å². The lowest BCUT2D eigenvalue weighted by molar-refractivity contribution is -0.137. The number of carboxylic acid groups (broad SMARTS) is 1. The molecule has 22 heavy (non-hydrogen) atoms. The first-order chi connectivity index (χ1) is 10.7. The zero-order chi connectivity index (χ0) is 15.1. The number of fused-ring (bicyclic) bond motifs is 2. The number of carboxylic acids is 1. The van der Waals surface area contributed by atoms with Crippen LogP contribution in [0.5, 0.6) is 0 Å². The molecular weight excluding hydrogens is 280 g/mol. The fraction of sp³-hybridized carbons (Fsp3) is 0.0625. The molecule has 0 atom stereocenters. The Morgan fingerprint density at radius 1 is 1.23 bits per heavy atom. The summed E-state index contributed by atoms with van der Waals surface area (Å²) < 4.78 is 1.39. The Kier molecular flexibility index (Phi) is 2.69. The average Bonchev–Trinajstić information content (AvgIpc) is 3.11. The number of aromatic amines is 1. The second kappa shape index (κ2) is 4.70. The Morgan fingerprint density at radius 3 is 2.95 bits per heavy atom. The van der Waals surface area contributed by atoms with Gasteiger partial charge in [0.25, 0.3) is 0 Å². The smallest absolute Gasteiger partial charge is 0.325 e. The summed E-state index contributed by atoms with van der Waals surface area (Å²) in [4.78, 5) is 14.1. The summed E-state index contributed by atoms with van der Waals surface area (Å²) in [5.74, 6) is -0.937. The Bertz CT molecular complexity index is 1000. The molecule has 0 radical (unpaired) electrons. The highest BCUT2D eigenvalue weighted by atomic mass is 16.4. The van der Waals surface area contributed by atoms with Crippen molar-refractivity contribution in [3.8, 4) is 11.1 Å². The zero-order valence-corrected chi connectivity index (χ0v) is 11.5. The molecule has 2 aromatic carbocycles. The van der Waals surface area contributed by atoms with Crippen molar-refractivity contribution in [2.24, 2.45) is 0 Å². The average molecular weight is 292 g/mol. The molecule has 4 rings (SSSR count). The van der Waals surface area contributed by atoms with Crippen LogP contribution in [0.4, 0.5) is 0 Å². The molecule has 0 bridgehead atoms. The third kappa shape index (κ3) is 1.93. The predicted molar refractivity (Wildman–Crippen MR) is 82.5 cm³/mol. The second-order valence-electron chi connectivity index (χ2n) is 5.09. The van der Waals surface area contributed by atoms with E-state index in [0.717, 1.165) is 22.0 Å². The number of para-hydroxylation sites is 1. The number of nitrogens with zero attached hydrogens (tertiary/aromatic N) is 3. The van der Waals surface area contributed by atoms with Crippen molar-refractivity contribution < 1.29 is 9.90 Å². The van der Waals surface area contributed by atoms with Crippen LogP contribution in [0, 0.1) is 0 Å². The molecule has 0 saturated heterocycles. The van der Waals surface area contributed by atoms with Gasteiger partial charge in [-0.1, -0.05) is 29.5 Å². The standard InChI is InChI=1S/C16H12N4O2/c21-16(22)9-20-15-6-5-10(7-14(15)18-19-20)12-8-17-13-4-2-1-3-11(12)13/h1-8,17H,9H2,(H,21,22). The summed E-state index contributed by atoms with van der Waals surface area (Å²) in [5, 5.41) is 18.0. The molecule has 0 saturated carbocycles. The van der Waals surface area contributed by atoms with Gasteiger partial charge in [0, 0.05) is 22.7 Å². The number of hydrogen-bond donors (Lipinski definition) is 2. The van der Waals surface area contributed by atoms with Crippen molar-refractivity contribution in [1.82, 2.24) is 20.0 Å². The van der Waals surface area contributed by atoms with E-state index in [0.29, 0.717) is 11.0 Å². The fourth-order valence-electron chi connectivity index (χ4n) is 2.69. The van der Waals surface area contributed by atoms with Gasteiger partial charge in [0.15, 0.2) is 0 Å². The van der Waals surface area contributed by atoms with Gasteiger partial charge < -0.3 is 10.1 Å². The Morgan fingerprint density at radius 2 is 2.09 bits per heavy atom. The highest BCUT2D eigenvalue weighted by Crippen LogP contribution is 2.30. The molecule has 0 aliphatic heterocycles. The number of nitrogens with one attached hydrogen (secondary N) is 1. The molecule has 0 spiro atoms. The van der Waals surface area contributed by atoms with Gasteiger partial charge in [0.1, 0.15) is 12.1 Å². The van der Waals surface area contributed by atoms with Crippen molar-refractivity contribution >= 4 is 27.9 Å². The van der Waals surface area contributed by atoms with E-state index in [4.69, 9.17) is 5.11 Å². The van der Waals surface area contributed by atoms with Gasteiger partial charge in [-0.2, -0.15) is 0 Å². The second-order valence-corrected chi connectivity index (χ2v) is 5.09. The number of aliphatic carboxylic acids is 1. The first-order valence-electron chi connectivity index (χ1n) is 6.84. The fourth-order valence-corrected chi connectivity index (χ4v) is 2.69. The van der Waals surface area contributed by atoms with E-state index < -0.39 is 5.97 Å². The highest BCUT2D eigenvalue weighted by molar-refractivity contribution is 5.97. The molecule has 2 heterocycles. The van der Waals surface area contributed by atoms with E-state index in [9.17, 15) is 4.79 Å². The van der Waals surface area contributed by atoms with Crippen LogP contribution in [0.1, 0.15) is 0 Å². The van der Waals surface area contributed by atoms with Crippen LogP contribution in [0.2, 0.25) is 0 Å². The molecule has 0 aliphatic rings. The molecule has 6 nitrogen and oxygen atoms in total. The lowest BCUT2D eigenvalue weighted by Gasteiger charge is -2.01. The highest BCUT2D eigenvalue weighted by Gasteiger charge is 2.11. The molecular formula is C16H12N4O2. The summed E-state index contributed by atoms with van der Waals surface area (Å²) in [5.41, 5.74) is 4.58. The van der Waals surface area contributed by atoms with Crippen molar-refractivity contribution in [3.63, 3.8) is 0 Å². The van der Waals surface area contributed by atoms with Gasteiger partial charge in [-0.3, -0.25) is 4.79 Å². The topological polar surface area (TPSA) is 83.8 Å². The van der Waals surface area contributed by atoms with Crippen LogP contribution in [-0.4, -0.2) is 31.1 Å². The van der Waals surface area contributed by atoms with Crippen LogP contribution in [0.15, 0.2) is 48.7 Å². The molecule has 2 N–H and O–H groups in total. The van der Waals surface area contributed by atoms with E-state index in [2.05, 4.69) is 21.4 Å². The van der Waals surface area contributed by atoms with Gasteiger partial charge in [0.05, 0.1) is 5.52 Å². The quantitative estimate of drug-likeness (QED) is 0.608. The summed E-state index contributed by atoms with van der Waals surface area (Å²) in [6.07, 6.45) is 1.97. The van der Waals surface area contributed by atoms with E-state index >= 15 is 0 Å². The Labute approximate surface area is 125 Å². The van der Waals surface area contributed by atoms with Crippen molar-refractivity contribution in [1.29, 1.82) is 0 Å². The molecule has 0 aliphatic carbocycles. The number of benzene rings is 2. The molecule has 2 aromatic heterocycles. The van der Waals surface area contributed by atoms with Crippen molar-refractivity contribution in [3.05, 3.63) is 48.7 Å². The first-order valence-corrected chi connectivity index (χ1v) is 6.84. The maximum atomic E-state index is 10.8. The number of rotatable bonds is 3. The predicted octanol–water partition coefficient (Wildman–Crippen LogP) is 2.66. The molecule has 6 heteroatoms. The van der Waals surface area contributed by atoms with Crippen LogP contribution in [-0.2, 0) is 11.3 Å². The summed E-state index contributed by atoms with van der Waals surface area (Å²) in [6, 6.07) is 13.8. The maximum Gasteiger partial charge on any atom is 0.325 e. The zero-order valence-electron chi connectivity index (χ0n) is 11.5. The third-order valence-corrected chi connectivity index (χ3v) is 3.70. The van der Waals surface area contributed by atoms with Gasteiger partial charge in [0.2, 0.25) is 0 Å². The number of H-pyrrole nitrogens is 1. The van der Waals surface area contributed by atoms with Gasteiger partial charge in [-0.05, 0) is 23.8 Å². The van der Waals surface area contributed by atoms with Crippen LogP contribution in [0.3, 0.4) is 0 Å². The number of aromatic nitrogens is 4. The van der Waals surface area contributed by atoms with Crippen LogP contribution in [0.25, 0.3) is 33.1 Å². The number of carbonyl (C=O) groups is 1. The maximum absolute atomic E-state index is 10.8. The van der Waals surface area contributed by atoms with Crippen molar-refractivity contribution in [2.75, 3.05) is 0 Å². The van der Waals surface area contributed by atoms with Gasteiger partial charge >= 0.3 is 5.97 Å². The van der Waals surface area contributed by atoms with Crippen LogP contribution < -0.4 is 0 Å². The van der Waals surface area contributed by atoms with E-state index in [1.54, 1.807) is 0 Å². The third-order valence-electron chi connectivity index (χ3n) is 3.70. The Hall–Kier alpha value is -3.15. The minimum atomic E-state index is -0.937. The largest absolute Gasteiger partial charge is 0.480 e. The summed E-state index contributed by atoms with van der Waals surface area (Å²) in [7, 11) is 0. The van der Waals surface area contributed by atoms with E-state index in [1.165, 1.54) is 4.68 Å². The normalized spacial score (nSPS) is 11.3. The SMILES string of the molecule is O=C(O)Cn1nnc2cc(-c3c[nH]c4ccccc34)ccc21. The minimum Gasteiger partial charge on any atom is -0.480 e. The monoisotopic (exact) mass is 292 g/mol. The lowest BCUT2D eigenvalue weighted by atomic mass is 10.0. The molecule has 0 fully saturated rings. The molecule has 0 amide bonds. The summed E-state index contributed by atoms with van der Waals surface area (Å²) in [6.45, 7) is -0.192. The number of hydrogen-bond acceptors (Lipinski definition) is 3. The van der Waals surface area contributed by atoms with E-state index in [-0.39, 0.29) is 6.54 Å². The van der Waals surface area contributed by atoms with E-state index in [1.807, 2.05) is 42.6 Å². The Balaban J connectivity index is 1.85. The molecule has 0 unspecified atom stereocenters. The van der Waals surface area contributed by atoms with Crippen LogP contribution >= 0.6 is 0 Å².